The minimum Gasteiger partial charge on any atom is -0.383 e. The lowest BCUT2D eigenvalue weighted by Crippen LogP contribution is -2.36. The third-order valence-electron chi connectivity index (χ3n) is 5.81. The Morgan fingerprint density at radius 1 is 0.971 bits per heavy atom. The van der Waals surface area contributed by atoms with Crippen molar-refractivity contribution in [2.75, 3.05) is 20.8 Å². The van der Waals surface area contributed by atoms with Crippen LogP contribution in [0.5, 0.6) is 0 Å². The van der Waals surface area contributed by atoms with Crippen LogP contribution in [0.4, 0.5) is 0 Å². The highest BCUT2D eigenvalue weighted by Crippen LogP contribution is 2.20. The Morgan fingerprint density at radius 3 is 2.37 bits per heavy atom. The molecule has 3 aromatic carbocycles. The number of para-hydroxylation sites is 1. The number of aromatic nitrogens is 2. The van der Waals surface area contributed by atoms with Crippen LogP contribution < -0.4 is 5.32 Å². The topological polar surface area (TPSA) is 76.5 Å². The molecule has 4 aromatic rings. The fourth-order valence-electron chi connectivity index (χ4n) is 4.07. The maximum Gasteiger partial charge on any atom is 0.272 e. The van der Waals surface area contributed by atoms with Crippen molar-refractivity contribution < 1.29 is 14.3 Å². The molecule has 7 nitrogen and oxygen atoms in total. The third-order valence-corrected chi connectivity index (χ3v) is 5.81. The van der Waals surface area contributed by atoms with E-state index in [1.54, 1.807) is 19.1 Å². The summed E-state index contributed by atoms with van der Waals surface area (Å²) in [5.41, 5.74) is 3.96. The van der Waals surface area contributed by atoms with Gasteiger partial charge in [0.25, 0.3) is 11.8 Å². The summed E-state index contributed by atoms with van der Waals surface area (Å²) in [5.74, 6) is -0.263. The molecule has 2 amide bonds. The number of hydrogen-bond donors (Lipinski definition) is 1. The zero-order chi connectivity index (χ0) is 24.8. The first-order valence-corrected chi connectivity index (χ1v) is 11.6. The Morgan fingerprint density at radius 2 is 1.66 bits per heavy atom. The van der Waals surface area contributed by atoms with Gasteiger partial charge >= 0.3 is 0 Å². The monoisotopic (exact) mass is 470 g/mol. The average molecular weight is 471 g/mol. The first-order chi connectivity index (χ1) is 17.0. The number of hydrogen-bond acceptors (Lipinski definition) is 4. The van der Waals surface area contributed by atoms with Crippen LogP contribution in [0.25, 0.3) is 10.9 Å². The summed E-state index contributed by atoms with van der Waals surface area (Å²) >= 11 is 0. The molecule has 35 heavy (non-hydrogen) atoms. The molecule has 1 unspecified atom stereocenters. The molecule has 1 heterocycles. The Bertz CT molecular complexity index is 1300. The van der Waals surface area contributed by atoms with E-state index in [-0.39, 0.29) is 17.9 Å². The minimum absolute atomic E-state index is 0.0333. The van der Waals surface area contributed by atoms with Crippen molar-refractivity contribution in [1.29, 1.82) is 0 Å². The molecule has 1 atom stereocenters. The van der Waals surface area contributed by atoms with Crippen LogP contribution in [0, 0.1) is 0 Å². The van der Waals surface area contributed by atoms with E-state index < -0.39 is 0 Å². The summed E-state index contributed by atoms with van der Waals surface area (Å²) in [6.07, 6.45) is 0. The van der Waals surface area contributed by atoms with Gasteiger partial charge in [0.1, 0.15) is 0 Å². The van der Waals surface area contributed by atoms with Crippen LogP contribution in [-0.4, -0.2) is 53.3 Å². The van der Waals surface area contributed by atoms with E-state index in [9.17, 15) is 9.59 Å². The molecular formula is C28H30N4O3. The van der Waals surface area contributed by atoms with Crippen molar-refractivity contribution in [1.82, 2.24) is 20.0 Å². The minimum atomic E-state index is -0.230. The third kappa shape index (κ3) is 5.75. The second-order valence-electron chi connectivity index (χ2n) is 8.70. The molecule has 180 valence electrons. The second kappa shape index (κ2) is 11.0. The number of amides is 2. The number of ether oxygens (including phenoxy) is 1. The van der Waals surface area contributed by atoms with Crippen molar-refractivity contribution in [3.8, 4) is 0 Å². The lowest BCUT2D eigenvalue weighted by atomic mass is 10.1. The van der Waals surface area contributed by atoms with E-state index in [2.05, 4.69) is 10.4 Å². The number of nitrogens with zero attached hydrogens (tertiary/aromatic N) is 3. The molecule has 0 bridgehead atoms. The van der Waals surface area contributed by atoms with Crippen molar-refractivity contribution >= 4 is 22.7 Å². The molecule has 0 aliphatic heterocycles. The largest absolute Gasteiger partial charge is 0.383 e. The zero-order valence-electron chi connectivity index (χ0n) is 20.3. The van der Waals surface area contributed by atoms with Gasteiger partial charge in [0.15, 0.2) is 5.69 Å². The number of fused-ring (bicyclic) bond motifs is 1. The van der Waals surface area contributed by atoms with Crippen LogP contribution in [0.1, 0.15) is 38.9 Å². The number of carbonyl (C=O) groups is 2. The molecular weight excluding hydrogens is 440 g/mol. The van der Waals surface area contributed by atoms with Crippen molar-refractivity contribution in [3.05, 3.63) is 101 Å². The Kier molecular flexibility index (Phi) is 7.57. The predicted molar refractivity (Wildman–Crippen MR) is 136 cm³/mol. The fourth-order valence-corrected chi connectivity index (χ4v) is 4.07. The molecule has 0 spiro atoms. The normalized spacial score (nSPS) is 11.9. The quantitative estimate of drug-likeness (QED) is 0.399. The zero-order valence-corrected chi connectivity index (χ0v) is 20.3. The van der Waals surface area contributed by atoms with Crippen LogP contribution in [-0.2, 0) is 17.8 Å². The molecule has 1 N–H and O–H groups in total. The van der Waals surface area contributed by atoms with Gasteiger partial charge in [0, 0.05) is 37.7 Å². The summed E-state index contributed by atoms with van der Waals surface area (Å²) in [6.45, 7) is 3.35. The van der Waals surface area contributed by atoms with Gasteiger partial charge in [-0.2, -0.15) is 5.10 Å². The molecule has 4 rings (SSSR count). The summed E-state index contributed by atoms with van der Waals surface area (Å²) in [4.78, 5) is 27.4. The summed E-state index contributed by atoms with van der Waals surface area (Å²) in [7, 11) is 3.41. The van der Waals surface area contributed by atoms with Gasteiger partial charge in [-0.15, -0.1) is 0 Å². The smallest absolute Gasteiger partial charge is 0.272 e. The molecule has 7 heteroatoms. The standard InChI is InChI=1S/C28H30N4O3/c1-20(19-35-3)29-27(33)26-24-11-7-8-12-25(24)32(30-26)18-22-13-15-23(16-14-22)28(34)31(2)17-21-9-5-4-6-10-21/h4-16,20H,17-19H2,1-3H3,(H,29,33). The number of rotatable bonds is 9. The SMILES string of the molecule is COCC(C)NC(=O)c1nn(Cc2ccc(C(=O)N(C)Cc3ccccc3)cc2)c2ccccc12. The number of carbonyl (C=O) groups excluding carboxylic acids is 2. The number of methoxy groups -OCH3 is 1. The summed E-state index contributed by atoms with van der Waals surface area (Å²) < 4.78 is 6.94. The van der Waals surface area contributed by atoms with Gasteiger partial charge in [-0.1, -0.05) is 60.7 Å². The number of nitrogens with one attached hydrogen (secondary N) is 1. The van der Waals surface area contributed by atoms with E-state index in [1.807, 2.05) is 90.5 Å². The van der Waals surface area contributed by atoms with Gasteiger partial charge in [0.2, 0.25) is 0 Å². The van der Waals surface area contributed by atoms with Gasteiger partial charge in [-0.3, -0.25) is 14.3 Å². The van der Waals surface area contributed by atoms with Crippen molar-refractivity contribution in [2.45, 2.75) is 26.1 Å². The van der Waals surface area contributed by atoms with Gasteiger partial charge < -0.3 is 15.0 Å². The van der Waals surface area contributed by atoms with E-state index in [0.29, 0.717) is 31.0 Å². The Hall–Kier alpha value is -3.97. The second-order valence-corrected chi connectivity index (χ2v) is 8.70. The van der Waals surface area contributed by atoms with E-state index in [4.69, 9.17) is 4.74 Å². The van der Waals surface area contributed by atoms with Crippen LogP contribution >= 0.6 is 0 Å². The first kappa shape index (κ1) is 24.2. The molecule has 0 saturated heterocycles. The summed E-state index contributed by atoms with van der Waals surface area (Å²) in [6, 6.07) is 25.0. The highest BCUT2D eigenvalue weighted by atomic mass is 16.5. The van der Waals surface area contributed by atoms with E-state index >= 15 is 0 Å². The van der Waals surface area contributed by atoms with Crippen molar-refractivity contribution in [3.63, 3.8) is 0 Å². The van der Waals surface area contributed by atoms with Crippen LogP contribution in [0.2, 0.25) is 0 Å². The van der Waals surface area contributed by atoms with Gasteiger partial charge in [-0.05, 0) is 36.2 Å². The molecule has 1 aromatic heterocycles. The molecule has 0 aliphatic rings. The van der Waals surface area contributed by atoms with Gasteiger partial charge in [-0.25, -0.2) is 0 Å². The Balaban J connectivity index is 1.49. The lowest BCUT2D eigenvalue weighted by Gasteiger charge is -2.17. The Labute approximate surface area is 205 Å². The predicted octanol–water partition coefficient (Wildman–Crippen LogP) is 4.12. The molecule has 0 fully saturated rings. The maximum atomic E-state index is 12.9. The van der Waals surface area contributed by atoms with Gasteiger partial charge in [0.05, 0.1) is 18.7 Å². The molecule has 0 saturated carbocycles. The fraction of sp³-hybridized carbons (Fsp3) is 0.250. The molecule has 0 aliphatic carbocycles. The average Bonchev–Trinajstić information content (AvgIpc) is 3.23. The maximum absolute atomic E-state index is 12.9. The van der Waals surface area contributed by atoms with Crippen molar-refractivity contribution in [2.24, 2.45) is 0 Å². The van der Waals surface area contributed by atoms with Crippen LogP contribution in [0.3, 0.4) is 0 Å². The highest BCUT2D eigenvalue weighted by Gasteiger charge is 2.19. The van der Waals surface area contributed by atoms with E-state index in [1.165, 1.54) is 0 Å². The molecule has 0 radical (unpaired) electrons. The van der Waals surface area contributed by atoms with E-state index in [0.717, 1.165) is 22.0 Å². The summed E-state index contributed by atoms with van der Waals surface area (Å²) in [5, 5.41) is 8.35. The first-order valence-electron chi connectivity index (χ1n) is 11.6. The highest BCUT2D eigenvalue weighted by molar-refractivity contribution is 6.05. The van der Waals surface area contributed by atoms with Crippen LogP contribution in [0.15, 0.2) is 78.9 Å². The lowest BCUT2D eigenvalue weighted by molar-refractivity contribution is 0.0784. The number of benzene rings is 3.